The van der Waals surface area contributed by atoms with Crippen LogP contribution in [0, 0.1) is 11.3 Å². The van der Waals surface area contributed by atoms with Gasteiger partial charge >= 0.3 is 35.0 Å². The lowest BCUT2D eigenvalue weighted by Gasteiger charge is -2.22. The summed E-state index contributed by atoms with van der Waals surface area (Å²) in [4.78, 5) is 20.8. The summed E-state index contributed by atoms with van der Waals surface area (Å²) in [5, 5.41) is 17.0. The first-order chi connectivity index (χ1) is 4.76. The van der Waals surface area contributed by atoms with Gasteiger partial charge in [-0.05, 0) is 5.41 Å². The van der Waals surface area contributed by atoms with Gasteiger partial charge in [0.05, 0.1) is 0 Å². The molecule has 0 aliphatic carbocycles. The lowest BCUT2D eigenvalue weighted by molar-refractivity contribution is -0.159. The van der Waals surface area contributed by atoms with Crippen molar-refractivity contribution in [1.82, 2.24) is 0 Å². The maximum atomic E-state index is 10.4. The molecule has 0 atom stereocenters. The molecule has 68 valence electrons. The quantitative estimate of drug-likeness (QED) is 0.467. The third kappa shape index (κ3) is 3.92. The van der Waals surface area contributed by atoms with Gasteiger partial charge in [0.2, 0.25) is 0 Å². The van der Waals surface area contributed by atoms with Crippen LogP contribution in [-0.2, 0) is 9.59 Å². The van der Waals surface area contributed by atoms with Gasteiger partial charge in [0.25, 0.3) is 0 Å². The molecule has 4 nitrogen and oxygen atoms in total. The minimum absolute atomic E-state index is 0. The van der Waals surface area contributed by atoms with Gasteiger partial charge in [0.15, 0.2) is 5.92 Å². The molecule has 0 radical (unpaired) electrons. The summed E-state index contributed by atoms with van der Waals surface area (Å²) in [6, 6.07) is 0. The van der Waals surface area contributed by atoms with Gasteiger partial charge in [0, 0.05) is 0 Å². The van der Waals surface area contributed by atoms with E-state index in [-0.39, 0.29) is 23.1 Å². The van der Waals surface area contributed by atoms with Crippen molar-refractivity contribution in [3.05, 3.63) is 0 Å². The first-order valence-electron chi connectivity index (χ1n) is 3.22. The van der Waals surface area contributed by atoms with Gasteiger partial charge in [0.1, 0.15) is 0 Å². The molecule has 0 aliphatic rings. The Kier molecular flexibility index (Phi) is 5.54. The first kappa shape index (κ1) is 14.2. The predicted molar refractivity (Wildman–Crippen MR) is 46.8 cm³/mol. The minimum Gasteiger partial charge on any atom is -0.481 e. The van der Waals surface area contributed by atoms with Crippen molar-refractivity contribution in [2.45, 2.75) is 20.8 Å². The van der Waals surface area contributed by atoms with Crippen LogP contribution in [0.3, 0.4) is 0 Å². The smallest absolute Gasteiger partial charge is 0.318 e. The van der Waals surface area contributed by atoms with Crippen LogP contribution in [0.2, 0.25) is 0 Å². The molecule has 0 aromatic heterocycles. The summed E-state index contributed by atoms with van der Waals surface area (Å²) in [5.74, 6) is -3.91. The second-order valence-electron chi connectivity index (χ2n) is 3.48. The summed E-state index contributed by atoms with van der Waals surface area (Å²) in [6.07, 6.45) is 0. The van der Waals surface area contributed by atoms with Crippen LogP contribution in [-0.4, -0.2) is 45.2 Å². The standard InChI is InChI=1S/C7H12O4.Mg.2H/c1-7(2,3)4(5(8)9)6(10)11;;;/h4H,1-3H3,(H,8,9)(H,10,11);;;. The van der Waals surface area contributed by atoms with E-state index < -0.39 is 23.3 Å². The number of rotatable bonds is 2. The number of hydrogen-bond donors (Lipinski definition) is 2. The van der Waals surface area contributed by atoms with Gasteiger partial charge < -0.3 is 10.2 Å². The molecule has 0 saturated carbocycles. The molecule has 0 fully saturated rings. The summed E-state index contributed by atoms with van der Waals surface area (Å²) in [7, 11) is 0. The number of aliphatic carboxylic acids is 2. The van der Waals surface area contributed by atoms with Gasteiger partial charge in [-0.15, -0.1) is 0 Å². The molecule has 2 N–H and O–H groups in total. The van der Waals surface area contributed by atoms with E-state index in [1.807, 2.05) is 0 Å². The van der Waals surface area contributed by atoms with E-state index in [0.29, 0.717) is 0 Å². The van der Waals surface area contributed by atoms with Crippen molar-refractivity contribution >= 4 is 35.0 Å². The first-order valence-corrected chi connectivity index (χ1v) is 3.22. The third-order valence-electron chi connectivity index (χ3n) is 1.36. The van der Waals surface area contributed by atoms with E-state index in [9.17, 15) is 9.59 Å². The van der Waals surface area contributed by atoms with Gasteiger partial charge in [-0.25, -0.2) is 0 Å². The molecule has 0 saturated heterocycles. The zero-order valence-electron chi connectivity index (χ0n) is 6.79. The average molecular weight is 186 g/mol. The fourth-order valence-electron chi connectivity index (χ4n) is 0.846. The number of carboxylic acid groups (broad SMARTS) is 2. The SMILES string of the molecule is CC(C)(C)C(C(=O)O)C(=O)O.[MgH2]. The largest absolute Gasteiger partial charge is 0.481 e. The van der Waals surface area contributed by atoms with Crippen LogP contribution >= 0.6 is 0 Å². The van der Waals surface area contributed by atoms with Crippen LogP contribution in [0.4, 0.5) is 0 Å². The zero-order chi connectivity index (χ0) is 9.23. The monoisotopic (exact) mass is 186 g/mol. The maximum Gasteiger partial charge on any atom is 0.318 e. The Hall–Kier alpha value is -0.294. The van der Waals surface area contributed by atoms with E-state index in [0.717, 1.165) is 0 Å². The Morgan fingerprint density at radius 3 is 1.33 bits per heavy atom. The summed E-state index contributed by atoms with van der Waals surface area (Å²) >= 11 is 0. The second kappa shape index (κ2) is 4.66. The van der Waals surface area contributed by atoms with Crippen molar-refractivity contribution in [3.63, 3.8) is 0 Å². The molecule has 0 heterocycles. The predicted octanol–water partition coefficient (Wildman–Crippen LogP) is -0.0983. The van der Waals surface area contributed by atoms with E-state index >= 15 is 0 Å². The minimum atomic E-state index is -1.33. The van der Waals surface area contributed by atoms with Crippen molar-refractivity contribution in [3.8, 4) is 0 Å². The molecule has 0 amide bonds. The Morgan fingerprint density at radius 1 is 1.08 bits per heavy atom. The van der Waals surface area contributed by atoms with E-state index in [4.69, 9.17) is 10.2 Å². The fraction of sp³-hybridized carbons (Fsp3) is 0.714. The molecule has 5 heteroatoms. The Morgan fingerprint density at radius 2 is 1.33 bits per heavy atom. The van der Waals surface area contributed by atoms with Gasteiger partial charge in [-0.2, -0.15) is 0 Å². The van der Waals surface area contributed by atoms with E-state index in [2.05, 4.69) is 0 Å². The Bertz CT molecular complexity index is 168. The van der Waals surface area contributed by atoms with Crippen molar-refractivity contribution in [1.29, 1.82) is 0 Å². The molecule has 12 heavy (non-hydrogen) atoms. The highest BCUT2D eigenvalue weighted by molar-refractivity contribution is 5.93. The topological polar surface area (TPSA) is 74.6 Å². The molecule has 0 aromatic rings. The Labute approximate surface area is 87.1 Å². The second-order valence-corrected chi connectivity index (χ2v) is 3.48. The van der Waals surface area contributed by atoms with Crippen LogP contribution in [0.15, 0.2) is 0 Å². The Balaban J connectivity index is 0. The highest BCUT2D eigenvalue weighted by Crippen LogP contribution is 2.25. The van der Waals surface area contributed by atoms with E-state index in [1.165, 1.54) is 0 Å². The lowest BCUT2D eigenvalue weighted by atomic mass is 9.81. The van der Waals surface area contributed by atoms with Crippen LogP contribution in [0.25, 0.3) is 0 Å². The van der Waals surface area contributed by atoms with Crippen LogP contribution < -0.4 is 0 Å². The molecular formula is C7H14MgO4. The number of hydrogen-bond acceptors (Lipinski definition) is 2. The van der Waals surface area contributed by atoms with E-state index in [1.54, 1.807) is 20.8 Å². The molecule has 0 aliphatic heterocycles. The van der Waals surface area contributed by atoms with Gasteiger partial charge in [-0.3, -0.25) is 9.59 Å². The molecule has 0 spiro atoms. The summed E-state index contributed by atoms with van der Waals surface area (Å²) in [6.45, 7) is 4.75. The summed E-state index contributed by atoms with van der Waals surface area (Å²) in [5.41, 5.74) is -0.738. The zero-order valence-corrected chi connectivity index (χ0v) is 6.79. The molecule has 0 aromatic carbocycles. The lowest BCUT2D eigenvalue weighted by Crippen LogP contribution is -2.35. The molecular weight excluding hydrogens is 172 g/mol. The van der Waals surface area contributed by atoms with Crippen LogP contribution in [0.1, 0.15) is 20.8 Å². The van der Waals surface area contributed by atoms with Gasteiger partial charge in [-0.1, -0.05) is 20.8 Å². The average Bonchev–Trinajstić information content (AvgIpc) is 1.54. The summed E-state index contributed by atoms with van der Waals surface area (Å²) < 4.78 is 0. The van der Waals surface area contributed by atoms with Crippen molar-refractivity contribution < 1.29 is 19.8 Å². The maximum absolute atomic E-state index is 10.4. The molecule has 0 bridgehead atoms. The van der Waals surface area contributed by atoms with Crippen molar-refractivity contribution in [2.24, 2.45) is 11.3 Å². The fourth-order valence-corrected chi connectivity index (χ4v) is 0.846. The normalized spacial score (nSPS) is 10.7. The highest BCUT2D eigenvalue weighted by atomic mass is 24.3. The number of carbonyl (C=O) groups is 2. The highest BCUT2D eigenvalue weighted by Gasteiger charge is 2.37. The molecule has 0 unspecified atom stereocenters. The third-order valence-corrected chi connectivity index (χ3v) is 1.36. The van der Waals surface area contributed by atoms with Crippen LogP contribution in [0.5, 0.6) is 0 Å². The molecule has 0 rings (SSSR count). The number of carboxylic acids is 2. The van der Waals surface area contributed by atoms with Crippen molar-refractivity contribution in [2.75, 3.05) is 0 Å².